The second-order valence-corrected chi connectivity index (χ2v) is 7.61. The summed E-state index contributed by atoms with van der Waals surface area (Å²) in [7, 11) is 0. The number of nitrogen functional groups attached to an aromatic ring is 1. The summed E-state index contributed by atoms with van der Waals surface area (Å²) < 4.78 is -1.78. The zero-order valence-electron chi connectivity index (χ0n) is 9.45. The number of halogens is 5. The zero-order chi connectivity index (χ0) is 14.9. The second-order valence-electron chi connectivity index (χ2n) is 3.47. The third kappa shape index (κ3) is 4.16. The number of nitrogens with zero attached hydrogens (tertiary/aromatic N) is 3. The van der Waals surface area contributed by atoms with Crippen molar-refractivity contribution >= 4 is 75.7 Å². The lowest BCUT2D eigenvalue weighted by Crippen LogP contribution is -2.11. The van der Waals surface area contributed by atoms with Crippen molar-refractivity contribution in [3.8, 4) is 0 Å². The molecule has 0 saturated heterocycles. The highest BCUT2D eigenvalue weighted by Crippen LogP contribution is 2.38. The first kappa shape index (κ1) is 16.2. The highest BCUT2D eigenvalue weighted by atomic mass is 35.6. The van der Waals surface area contributed by atoms with Crippen LogP contribution in [-0.2, 0) is 3.79 Å². The Balaban J connectivity index is 2.36. The van der Waals surface area contributed by atoms with Crippen LogP contribution in [0.5, 0.6) is 0 Å². The molecule has 1 aromatic carbocycles. The molecule has 1 heterocycles. The minimum atomic E-state index is -1.78. The van der Waals surface area contributed by atoms with Crippen LogP contribution in [0.15, 0.2) is 28.3 Å². The Kier molecular flexibility index (Phi) is 5.10. The lowest BCUT2D eigenvalue weighted by atomic mass is 10.4. The molecule has 1 aromatic heterocycles. The van der Waals surface area contributed by atoms with Gasteiger partial charge < -0.3 is 5.73 Å². The molecule has 0 aliphatic rings. The molecule has 0 saturated carbocycles. The van der Waals surface area contributed by atoms with Gasteiger partial charge in [0.1, 0.15) is 0 Å². The summed E-state index contributed by atoms with van der Waals surface area (Å²) >= 11 is 30.2. The van der Waals surface area contributed by atoms with Gasteiger partial charge in [-0.05, 0) is 30.0 Å². The molecule has 2 rings (SSSR count). The number of aromatic nitrogens is 3. The Morgan fingerprint density at radius 3 is 2.35 bits per heavy atom. The Morgan fingerprint density at radius 2 is 1.75 bits per heavy atom. The van der Waals surface area contributed by atoms with Gasteiger partial charge in [0.05, 0.1) is 5.02 Å². The van der Waals surface area contributed by atoms with Crippen LogP contribution in [0.1, 0.15) is 5.82 Å². The maximum atomic E-state index is 6.06. The molecule has 0 spiro atoms. The number of hydrogen-bond donors (Lipinski definition) is 1. The first-order valence-electron chi connectivity index (χ1n) is 4.97. The van der Waals surface area contributed by atoms with Crippen molar-refractivity contribution in [3.05, 3.63) is 34.1 Å². The van der Waals surface area contributed by atoms with Crippen molar-refractivity contribution in [2.24, 2.45) is 0 Å². The largest absolute Gasteiger partial charge is 0.368 e. The molecular formula is C10H5Cl5N4S. The molecule has 0 fully saturated rings. The summed E-state index contributed by atoms with van der Waals surface area (Å²) in [5.41, 5.74) is 5.57. The normalized spacial score (nSPS) is 11.7. The maximum Gasteiger partial charge on any atom is 0.250 e. The second kappa shape index (κ2) is 6.30. The van der Waals surface area contributed by atoms with E-state index in [9.17, 15) is 0 Å². The van der Waals surface area contributed by atoms with Crippen molar-refractivity contribution in [3.63, 3.8) is 0 Å². The first-order chi connectivity index (χ1) is 9.25. The van der Waals surface area contributed by atoms with E-state index in [0.717, 1.165) is 11.8 Å². The van der Waals surface area contributed by atoms with E-state index in [2.05, 4.69) is 15.0 Å². The van der Waals surface area contributed by atoms with Crippen LogP contribution < -0.4 is 5.73 Å². The molecule has 0 unspecified atom stereocenters. The summed E-state index contributed by atoms with van der Waals surface area (Å²) in [6.45, 7) is 0. The molecule has 2 N–H and O–H groups in total. The maximum absolute atomic E-state index is 6.06. The van der Waals surface area contributed by atoms with Gasteiger partial charge in [0.25, 0.3) is 0 Å². The highest BCUT2D eigenvalue weighted by molar-refractivity contribution is 7.99. The quantitative estimate of drug-likeness (QED) is 0.751. The Bertz CT molecular complexity index is 646. The molecule has 10 heteroatoms. The Hall–Kier alpha value is -0.170. The van der Waals surface area contributed by atoms with Gasteiger partial charge in [-0.1, -0.05) is 58.0 Å². The monoisotopic (exact) mass is 388 g/mol. The van der Waals surface area contributed by atoms with Crippen molar-refractivity contribution < 1.29 is 0 Å². The molecule has 20 heavy (non-hydrogen) atoms. The van der Waals surface area contributed by atoms with Gasteiger partial charge in [-0.25, -0.2) is 4.98 Å². The number of hydrogen-bond acceptors (Lipinski definition) is 5. The third-order valence-corrected chi connectivity index (χ3v) is 4.09. The van der Waals surface area contributed by atoms with Gasteiger partial charge in [-0.3, -0.25) is 0 Å². The van der Waals surface area contributed by atoms with Gasteiger partial charge in [0.15, 0.2) is 11.0 Å². The fourth-order valence-electron chi connectivity index (χ4n) is 1.20. The van der Waals surface area contributed by atoms with Crippen LogP contribution in [-0.4, -0.2) is 15.0 Å². The molecule has 0 radical (unpaired) electrons. The van der Waals surface area contributed by atoms with E-state index in [-0.39, 0.29) is 16.9 Å². The van der Waals surface area contributed by atoms with E-state index in [1.807, 2.05) is 0 Å². The van der Waals surface area contributed by atoms with Crippen LogP contribution in [0.3, 0.4) is 0 Å². The standard InChI is InChI=1S/C10H5Cl5N4S/c11-4-1-2-6(5(12)3-4)20-9-18-7(10(13,14)15)17-8(16)19-9/h1-3H,(H2,16,17,18,19). The molecule has 106 valence electrons. The molecule has 4 nitrogen and oxygen atoms in total. The molecule has 0 bridgehead atoms. The number of alkyl halides is 3. The van der Waals surface area contributed by atoms with E-state index in [1.54, 1.807) is 18.2 Å². The molecule has 2 aromatic rings. The van der Waals surface area contributed by atoms with Gasteiger partial charge in [0.2, 0.25) is 9.74 Å². The van der Waals surface area contributed by atoms with Crippen LogP contribution in [0, 0.1) is 0 Å². The van der Waals surface area contributed by atoms with E-state index < -0.39 is 3.79 Å². The van der Waals surface area contributed by atoms with E-state index in [4.69, 9.17) is 63.7 Å². The summed E-state index contributed by atoms with van der Waals surface area (Å²) in [4.78, 5) is 12.5. The van der Waals surface area contributed by atoms with Gasteiger partial charge in [-0.2, -0.15) is 9.97 Å². The average Bonchev–Trinajstić information content (AvgIpc) is 2.31. The average molecular weight is 391 g/mol. The SMILES string of the molecule is Nc1nc(Sc2ccc(Cl)cc2Cl)nc(C(Cl)(Cl)Cl)n1. The van der Waals surface area contributed by atoms with E-state index in [0.29, 0.717) is 14.9 Å². The summed E-state index contributed by atoms with van der Waals surface area (Å²) in [6.07, 6.45) is 0. The summed E-state index contributed by atoms with van der Waals surface area (Å²) in [5.74, 6) is -0.100. The van der Waals surface area contributed by atoms with Gasteiger partial charge in [-0.15, -0.1) is 0 Å². The van der Waals surface area contributed by atoms with Gasteiger partial charge >= 0.3 is 0 Å². The first-order valence-corrected chi connectivity index (χ1v) is 7.68. The Morgan fingerprint density at radius 1 is 1.05 bits per heavy atom. The summed E-state index contributed by atoms with van der Waals surface area (Å²) in [5, 5.41) is 1.25. The van der Waals surface area contributed by atoms with Crippen molar-refractivity contribution in [2.75, 3.05) is 5.73 Å². The predicted octanol–water partition coefficient (Wildman–Crippen LogP) is 4.74. The number of anilines is 1. The lowest BCUT2D eigenvalue weighted by molar-refractivity contribution is 0.835. The minimum absolute atomic E-state index is 0.0473. The zero-order valence-corrected chi connectivity index (χ0v) is 14.0. The van der Waals surface area contributed by atoms with Crippen molar-refractivity contribution in [1.29, 1.82) is 0 Å². The predicted molar refractivity (Wildman–Crippen MR) is 84.1 cm³/mol. The molecule has 0 atom stereocenters. The molecule has 0 aliphatic heterocycles. The lowest BCUT2D eigenvalue weighted by Gasteiger charge is -2.10. The van der Waals surface area contributed by atoms with Crippen LogP contribution >= 0.6 is 69.8 Å². The van der Waals surface area contributed by atoms with E-state index in [1.165, 1.54) is 0 Å². The van der Waals surface area contributed by atoms with Crippen molar-refractivity contribution in [1.82, 2.24) is 15.0 Å². The van der Waals surface area contributed by atoms with Crippen LogP contribution in [0.4, 0.5) is 5.95 Å². The number of nitrogens with two attached hydrogens (primary N) is 1. The van der Waals surface area contributed by atoms with Crippen LogP contribution in [0.2, 0.25) is 10.0 Å². The smallest absolute Gasteiger partial charge is 0.250 e. The van der Waals surface area contributed by atoms with Crippen molar-refractivity contribution in [2.45, 2.75) is 13.8 Å². The van der Waals surface area contributed by atoms with E-state index >= 15 is 0 Å². The number of benzene rings is 1. The third-order valence-electron chi connectivity index (χ3n) is 1.98. The topological polar surface area (TPSA) is 64.7 Å². The number of rotatable bonds is 2. The minimum Gasteiger partial charge on any atom is -0.368 e. The fraction of sp³-hybridized carbons (Fsp3) is 0.100. The van der Waals surface area contributed by atoms with Crippen LogP contribution in [0.25, 0.3) is 0 Å². The Labute approximate surface area is 143 Å². The summed E-state index contributed by atoms with van der Waals surface area (Å²) in [6, 6.07) is 5.02. The molecule has 0 aliphatic carbocycles. The van der Waals surface area contributed by atoms with Gasteiger partial charge in [0, 0.05) is 9.92 Å². The molecular weight excluding hydrogens is 385 g/mol. The fourth-order valence-corrected chi connectivity index (χ4v) is 2.74. The highest BCUT2D eigenvalue weighted by Gasteiger charge is 2.28. The molecule has 0 amide bonds.